The highest BCUT2D eigenvalue weighted by Gasteiger charge is 2.68. The topological polar surface area (TPSA) is 288 Å². The Hall–Kier alpha value is -12.7. The summed E-state index contributed by atoms with van der Waals surface area (Å²) in [4.78, 5) is 93.9. The first-order valence-electron chi connectivity index (χ1n) is 36.0. The minimum absolute atomic E-state index is 0. The van der Waals surface area contributed by atoms with E-state index in [1.165, 1.54) is 60.9 Å². The first-order valence-corrected chi connectivity index (χ1v) is 36.0. The Labute approximate surface area is 685 Å². The summed E-state index contributed by atoms with van der Waals surface area (Å²) in [6, 6.07) is 72.0. The van der Waals surface area contributed by atoms with Gasteiger partial charge < -0.3 is 67.1 Å². The van der Waals surface area contributed by atoms with Gasteiger partial charge in [-0.1, -0.05) is 185 Å². The lowest BCUT2D eigenvalue weighted by molar-refractivity contribution is -0.160. The second kappa shape index (κ2) is 47.8. The molecule has 0 saturated heterocycles. The molecule has 3 radical (unpaired) electrons. The van der Waals surface area contributed by atoms with Gasteiger partial charge in [0.1, 0.15) is 76.3 Å². The van der Waals surface area contributed by atoms with Crippen molar-refractivity contribution in [3.05, 3.63) is 293 Å². The molecule has 9 aromatic rings. The van der Waals surface area contributed by atoms with Gasteiger partial charge in [0.2, 0.25) is 0 Å². The highest BCUT2D eigenvalue weighted by molar-refractivity contribution is 6.15. The van der Waals surface area contributed by atoms with E-state index in [1.807, 2.05) is 197 Å². The number of rotatable bonds is 24. The average molecular weight is 1590 g/mol. The van der Waals surface area contributed by atoms with Crippen LogP contribution >= 0.6 is 0 Å². The lowest BCUT2D eigenvalue weighted by Crippen LogP contribution is -2.31. The lowest BCUT2D eigenvalue weighted by atomic mass is 9.93. The van der Waals surface area contributed by atoms with Gasteiger partial charge in [0.25, 0.3) is 0 Å². The fourth-order valence-corrected chi connectivity index (χ4v) is 11.3. The van der Waals surface area contributed by atoms with Crippen LogP contribution in [0.25, 0.3) is 5.57 Å². The summed E-state index contributed by atoms with van der Waals surface area (Å²) >= 11 is 0. The molecular formula is C93H110BO22. The minimum atomic E-state index is -1.05. The SMILES string of the molecule is C.C.C=C(C(=O)OC)c1cccc(OCc2ccccc2)c1.COC(=O)Cc1cccc(O)c1.COC(=O)Cc1cccc(OC)c1.COC(=O)Cc1cccc(OCc2ccccc2)c1.COC(=O)[C@@]1(c2cccc(O)c2)CC1C(=O)OC(C)(C)C.COC(=O)[C@@]1(c2cccc(OCc3ccccc3)c2)CC1C(=O)OC(C)(C)C.[2HH].[B]. The van der Waals surface area contributed by atoms with Gasteiger partial charge in [0, 0.05) is 9.84 Å². The Morgan fingerprint density at radius 2 is 0.698 bits per heavy atom. The van der Waals surface area contributed by atoms with Crippen molar-refractivity contribution in [2.45, 2.75) is 130 Å². The Morgan fingerprint density at radius 1 is 0.379 bits per heavy atom. The average Bonchev–Trinajstić information content (AvgIpc) is 1.56. The van der Waals surface area contributed by atoms with E-state index >= 15 is 0 Å². The predicted molar refractivity (Wildman–Crippen MR) is 446 cm³/mol. The molecule has 11 rings (SSSR count). The summed E-state index contributed by atoms with van der Waals surface area (Å²) in [5.74, 6) is -1.03. The second-order valence-corrected chi connectivity index (χ2v) is 27.8. The standard InChI is InChI=1S/C23H26O5.C17H16O3.C16H20O5.C16H16O3.C10H12O3.C9H10O3.2CH4.B.H2/c1-22(2,3)28-20(24)19-14-23(19,21(25)26-4)17-11-8-12-18(13-17)27-15-16-9-6-5-7-10-16;1-13(17(18)19-2)15-9-6-10-16(11-15)20-12-14-7-4-3-5-8-14;1-15(2,3)21-13(18)12-9-16(12,14(19)20-4)10-6-5-7-11(17)8-10;1-18-16(17)11-14-8-5-9-15(10-14)19-12-13-6-3-2-4-7-13;1-12-9-5-3-4-8(6-9)7-10(11)13-2;1-12-9(11)6-7-3-2-4-8(10)5-7;;;;/h5-13,19H,14-15H2,1-4H3;3-11H,1,12H2,2H3;5-8,12,17H,9H2,1-4H3;2-10H,11-12H2,1H3;3-6H,7H2,1-2H3;2-5,10H,6H2,1H3;2*1H4;;1H/t19?,23-;;12?,16-;;;;;;;/m1.1......./s1/i;;;;;;;;;1+1. The van der Waals surface area contributed by atoms with Gasteiger partial charge in [-0.05, 0) is 177 Å². The van der Waals surface area contributed by atoms with Crippen LogP contribution in [0.5, 0.6) is 34.5 Å². The summed E-state index contributed by atoms with van der Waals surface area (Å²) in [5, 5.41) is 18.6. The number of hydrogen-bond acceptors (Lipinski definition) is 22. The van der Waals surface area contributed by atoms with Crippen molar-refractivity contribution in [2.75, 3.05) is 49.8 Å². The molecule has 116 heavy (non-hydrogen) atoms. The maximum Gasteiger partial charge on any atom is 0.337 e. The van der Waals surface area contributed by atoms with Crippen LogP contribution in [0.1, 0.15) is 121 Å². The number of hydrogen-bond donors (Lipinski definition) is 2. The highest BCUT2D eigenvalue weighted by atomic mass is 16.6. The number of carbonyl (C=O) groups is 8. The molecule has 22 nitrogen and oxygen atoms in total. The molecule has 0 aliphatic heterocycles. The zero-order valence-electron chi connectivity index (χ0n) is 66.7. The maximum atomic E-state index is 12.6. The summed E-state index contributed by atoms with van der Waals surface area (Å²) in [5.41, 5.74) is 4.80. The van der Waals surface area contributed by atoms with Crippen LogP contribution < -0.4 is 18.9 Å². The molecule has 2 saturated carbocycles. The maximum absolute atomic E-state index is 12.6. The number of phenols is 2. The van der Waals surface area contributed by atoms with Crippen molar-refractivity contribution in [3.63, 3.8) is 0 Å². The van der Waals surface area contributed by atoms with Gasteiger partial charge in [0.15, 0.2) is 0 Å². The number of benzene rings is 9. The zero-order chi connectivity index (χ0) is 82.7. The molecule has 2 aliphatic carbocycles. The van der Waals surface area contributed by atoms with Gasteiger partial charge >= 0.3 is 47.8 Å². The Morgan fingerprint density at radius 3 is 1.06 bits per heavy atom. The van der Waals surface area contributed by atoms with Crippen LogP contribution in [0.2, 0.25) is 0 Å². The first kappa shape index (κ1) is 97.5. The number of esters is 8. The van der Waals surface area contributed by atoms with E-state index in [-0.39, 0.29) is 79.3 Å². The molecule has 9 aromatic carbocycles. The number of carbonyl (C=O) groups excluding carboxylic acids is 8. The van der Waals surface area contributed by atoms with E-state index in [2.05, 4.69) is 25.5 Å². The highest BCUT2D eigenvalue weighted by Crippen LogP contribution is 2.58. The Balaban J connectivity index is 0.000000482. The van der Waals surface area contributed by atoms with Crippen molar-refractivity contribution in [2.24, 2.45) is 11.8 Å². The van der Waals surface area contributed by atoms with E-state index in [1.54, 1.807) is 70.3 Å². The fourth-order valence-electron chi connectivity index (χ4n) is 11.3. The van der Waals surface area contributed by atoms with Crippen molar-refractivity contribution >= 4 is 61.7 Å². The predicted octanol–water partition coefficient (Wildman–Crippen LogP) is 16.3. The van der Waals surface area contributed by atoms with Crippen molar-refractivity contribution < 1.29 is 107 Å². The molecule has 617 valence electrons. The van der Waals surface area contributed by atoms with Gasteiger partial charge in [-0.15, -0.1) is 0 Å². The molecule has 0 heterocycles. The summed E-state index contributed by atoms with van der Waals surface area (Å²) < 4.78 is 61.3. The van der Waals surface area contributed by atoms with Crippen LogP contribution in [0, 0.1) is 11.8 Å². The van der Waals surface area contributed by atoms with E-state index < -0.39 is 57.7 Å². The van der Waals surface area contributed by atoms with Crippen LogP contribution in [0.3, 0.4) is 0 Å². The minimum Gasteiger partial charge on any atom is -0.508 e. The van der Waals surface area contributed by atoms with E-state index in [0.717, 1.165) is 44.9 Å². The molecule has 2 N–H and O–H groups in total. The van der Waals surface area contributed by atoms with Gasteiger partial charge in [-0.2, -0.15) is 0 Å². The third-order valence-electron chi connectivity index (χ3n) is 17.1. The van der Waals surface area contributed by atoms with Crippen LogP contribution in [-0.4, -0.2) is 127 Å². The first-order chi connectivity index (χ1) is 53.9. The van der Waals surface area contributed by atoms with Gasteiger partial charge in [-0.25, -0.2) is 4.79 Å². The third-order valence-corrected chi connectivity index (χ3v) is 17.1. The molecule has 2 aliphatic rings. The molecule has 2 unspecified atom stereocenters. The Bertz CT molecular complexity index is 4620. The summed E-state index contributed by atoms with van der Waals surface area (Å²) in [6.45, 7) is 15.9. The number of phenolic OH excluding ortho intramolecular Hbond substituents is 2. The Kier molecular flexibility index (Phi) is 40.2. The molecule has 2 fully saturated rings. The van der Waals surface area contributed by atoms with Crippen LogP contribution in [-0.2, 0) is 126 Å². The fraction of sp³-hybridized carbons (Fsp3) is 0.312. The molecular weight excluding hydrogens is 1480 g/mol. The zero-order valence-corrected chi connectivity index (χ0v) is 66.7. The third kappa shape index (κ3) is 31.4. The van der Waals surface area contributed by atoms with E-state index in [4.69, 9.17) is 43.0 Å². The lowest BCUT2D eigenvalue weighted by Gasteiger charge is -2.21. The second-order valence-electron chi connectivity index (χ2n) is 27.8. The number of aromatic hydroxyl groups is 2. The normalized spacial score (nSPS) is 14.8. The molecule has 23 heteroatoms. The smallest absolute Gasteiger partial charge is 0.337 e. The van der Waals surface area contributed by atoms with Crippen LogP contribution in [0.4, 0.5) is 0 Å². The van der Waals surface area contributed by atoms with Gasteiger partial charge in [0.05, 0.1) is 86.4 Å². The molecule has 0 amide bonds. The number of ether oxygens (including phenoxy) is 12. The monoisotopic (exact) mass is 1590 g/mol. The van der Waals surface area contributed by atoms with Crippen molar-refractivity contribution in [1.82, 2.24) is 0 Å². The van der Waals surface area contributed by atoms with Crippen molar-refractivity contribution in [1.29, 1.82) is 0 Å². The summed E-state index contributed by atoms with van der Waals surface area (Å²) in [7, 11) is 9.66. The van der Waals surface area contributed by atoms with Gasteiger partial charge in [-0.3, -0.25) is 33.6 Å². The largest absolute Gasteiger partial charge is 0.508 e. The molecule has 0 bridgehead atoms. The van der Waals surface area contributed by atoms with Crippen molar-refractivity contribution in [3.8, 4) is 34.5 Å². The van der Waals surface area contributed by atoms with E-state index in [0.29, 0.717) is 66.4 Å². The van der Waals surface area contributed by atoms with E-state index in [9.17, 15) is 43.5 Å². The molecule has 0 spiro atoms. The quantitative estimate of drug-likeness (QED) is 0.0246. The molecule has 0 aromatic heterocycles. The molecule has 4 atom stereocenters. The summed E-state index contributed by atoms with van der Waals surface area (Å²) in [6.07, 6.45) is 1.45. The van der Waals surface area contributed by atoms with Crippen LogP contribution in [0.15, 0.2) is 243 Å². The number of methoxy groups -OCH3 is 7.